The van der Waals surface area contributed by atoms with Gasteiger partial charge in [-0.2, -0.15) is 13.2 Å². The van der Waals surface area contributed by atoms with Gasteiger partial charge in [0.1, 0.15) is 0 Å². The second-order valence-electron chi connectivity index (χ2n) is 2.80. The van der Waals surface area contributed by atoms with Gasteiger partial charge in [-0.25, -0.2) is 0 Å². The first-order valence-electron chi connectivity index (χ1n) is 3.68. The van der Waals surface area contributed by atoms with Crippen molar-refractivity contribution in [3.05, 3.63) is 11.6 Å². The van der Waals surface area contributed by atoms with Crippen LogP contribution >= 0.6 is 0 Å². The summed E-state index contributed by atoms with van der Waals surface area (Å²) in [5.74, 6) is -3.46. The lowest BCUT2D eigenvalue weighted by Gasteiger charge is -2.23. The molecular formula is C7H7F3N2O2. The molecule has 0 aromatic rings. The summed E-state index contributed by atoms with van der Waals surface area (Å²) in [5, 5.41) is 2.10. The van der Waals surface area contributed by atoms with Crippen molar-refractivity contribution in [1.82, 2.24) is 5.32 Å². The monoisotopic (exact) mass is 208 g/mol. The second kappa shape index (κ2) is 3.32. The van der Waals surface area contributed by atoms with E-state index in [9.17, 15) is 22.8 Å². The lowest BCUT2D eigenvalue weighted by atomic mass is 9.94. The number of halogens is 3. The Balaban J connectivity index is 3.05. The van der Waals surface area contributed by atoms with Crippen LogP contribution in [0.2, 0.25) is 0 Å². The highest BCUT2D eigenvalue weighted by Gasteiger charge is 2.43. The Hall–Kier alpha value is -1.53. The van der Waals surface area contributed by atoms with Crippen LogP contribution in [0.25, 0.3) is 0 Å². The lowest BCUT2D eigenvalue weighted by Crippen LogP contribution is -2.44. The lowest BCUT2D eigenvalue weighted by molar-refractivity contribution is -0.130. The number of primary amides is 1. The Kier molecular flexibility index (Phi) is 2.50. The molecular weight excluding hydrogens is 201 g/mol. The Labute approximate surface area is 76.9 Å². The van der Waals surface area contributed by atoms with Gasteiger partial charge in [0, 0.05) is 12.6 Å². The van der Waals surface area contributed by atoms with Crippen LogP contribution in [0.3, 0.4) is 0 Å². The zero-order valence-electron chi connectivity index (χ0n) is 6.89. The maximum absolute atomic E-state index is 12.3. The van der Waals surface area contributed by atoms with Crippen LogP contribution in [0, 0.1) is 5.92 Å². The minimum atomic E-state index is -4.70. The average Bonchev–Trinajstić information content (AvgIpc) is 2.01. The van der Waals surface area contributed by atoms with Crippen molar-refractivity contribution in [2.24, 2.45) is 11.7 Å². The fourth-order valence-corrected chi connectivity index (χ4v) is 1.14. The highest BCUT2D eigenvalue weighted by Crippen LogP contribution is 2.32. The van der Waals surface area contributed by atoms with Gasteiger partial charge in [-0.05, 0) is 0 Å². The Morgan fingerprint density at radius 2 is 2.14 bits per heavy atom. The van der Waals surface area contributed by atoms with Crippen LogP contribution in [0.5, 0.6) is 0 Å². The summed E-state index contributed by atoms with van der Waals surface area (Å²) >= 11 is 0. The molecule has 0 fully saturated rings. The van der Waals surface area contributed by atoms with Crippen LogP contribution in [0.15, 0.2) is 11.6 Å². The van der Waals surface area contributed by atoms with E-state index >= 15 is 0 Å². The fourth-order valence-electron chi connectivity index (χ4n) is 1.14. The molecule has 3 N–H and O–H groups in total. The highest BCUT2D eigenvalue weighted by molar-refractivity contribution is 5.93. The molecule has 0 aromatic carbocycles. The molecule has 0 saturated carbocycles. The Bertz CT molecular complexity index is 309. The van der Waals surface area contributed by atoms with E-state index in [0.29, 0.717) is 6.08 Å². The quantitative estimate of drug-likeness (QED) is 0.621. The van der Waals surface area contributed by atoms with Gasteiger partial charge in [0.15, 0.2) is 0 Å². The van der Waals surface area contributed by atoms with Gasteiger partial charge in [0.25, 0.3) is 0 Å². The van der Waals surface area contributed by atoms with Crippen LogP contribution in [-0.4, -0.2) is 24.5 Å². The summed E-state index contributed by atoms with van der Waals surface area (Å²) in [5.41, 5.74) is 3.58. The highest BCUT2D eigenvalue weighted by atomic mass is 19.4. The summed E-state index contributed by atoms with van der Waals surface area (Å²) in [6.45, 7) is -0.403. The van der Waals surface area contributed by atoms with Gasteiger partial charge in [-0.1, -0.05) is 0 Å². The first-order valence-corrected chi connectivity index (χ1v) is 3.68. The van der Waals surface area contributed by atoms with Crippen molar-refractivity contribution in [1.29, 1.82) is 0 Å². The Morgan fingerprint density at radius 3 is 2.57 bits per heavy atom. The molecule has 2 amide bonds. The second-order valence-corrected chi connectivity index (χ2v) is 2.80. The van der Waals surface area contributed by atoms with Crippen molar-refractivity contribution in [3.63, 3.8) is 0 Å². The Morgan fingerprint density at radius 1 is 1.57 bits per heavy atom. The summed E-state index contributed by atoms with van der Waals surface area (Å²) in [6, 6.07) is 0. The van der Waals surface area contributed by atoms with E-state index in [1.807, 2.05) is 0 Å². The van der Waals surface area contributed by atoms with E-state index in [0.717, 1.165) is 0 Å². The predicted octanol–water partition coefficient (Wildman–Crippen LogP) is -0.294. The van der Waals surface area contributed by atoms with E-state index < -0.39 is 36.0 Å². The molecule has 1 aliphatic rings. The molecule has 78 valence electrons. The van der Waals surface area contributed by atoms with Gasteiger partial charge >= 0.3 is 6.18 Å². The molecule has 0 aliphatic carbocycles. The third-order valence-electron chi connectivity index (χ3n) is 1.81. The van der Waals surface area contributed by atoms with E-state index in [1.54, 1.807) is 0 Å². The molecule has 1 aliphatic heterocycles. The van der Waals surface area contributed by atoms with E-state index in [4.69, 9.17) is 5.73 Å². The summed E-state index contributed by atoms with van der Waals surface area (Å²) in [7, 11) is 0. The first kappa shape index (κ1) is 10.6. The molecule has 0 aromatic heterocycles. The van der Waals surface area contributed by atoms with Crippen molar-refractivity contribution < 1.29 is 22.8 Å². The third kappa shape index (κ3) is 2.04. The van der Waals surface area contributed by atoms with Crippen molar-refractivity contribution in [3.8, 4) is 0 Å². The standard InChI is InChI=1S/C7H7F3N2O2/c8-7(9,10)4-1-5(13)12-2-3(4)6(11)14/h1,3H,2H2,(H2,11,14)(H,12,13). The minimum Gasteiger partial charge on any atom is -0.369 e. The van der Waals surface area contributed by atoms with Gasteiger partial charge in [-0.15, -0.1) is 0 Å². The summed E-state index contributed by atoms with van der Waals surface area (Å²) < 4.78 is 36.8. The molecule has 0 saturated heterocycles. The van der Waals surface area contributed by atoms with Gasteiger partial charge in [-0.3, -0.25) is 9.59 Å². The molecule has 7 heteroatoms. The molecule has 0 radical (unpaired) electrons. The fraction of sp³-hybridized carbons (Fsp3) is 0.429. The molecule has 14 heavy (non-hydrogen) atoms. The number of alkyl halides is 3. The molecule has 0 bridgehead atoms. The molecule has 1 rings (SSSR count). The number of nitrogens with one attached hydrogen (secondary N) is 1. The molecule has 4 nitrogen and oxygen atoms in total. The van der Waals surface area contributed by atoms with Crippen LogP contribution in [-0.2, 0) is 9.59 Å². The predicted molar refractivity (Wildman–Crippen MR) is 39.8 cm³/mol. The maximum atomic E-state index is 12.3. The van der Waals surface area contributed by atoms with Crippen molar-refractivity contribution >= 4 is 11.8 Å². The smallest absolute Gasteiger partial charge is 0.369 e. The summed E-state index contributed by atoms with van der Waals surface area (Å²) in [4.78, 5) is 21.3. The number of carbonyl (C=O) groups excluding carboxylic acids is 2. The third-order valence-corrected chi connectivity index (χ3v) is 1.81. The van der Waals surface area contributed by atoms with Crippen molar-refractivity contribution in [2.45, 2.75) is 6.18 Å². The van der Waals surface area contributed by atoms with Crippen LogP contribution in [0.1, 0.15) is 0 Å². The number of amides is 2. The van der Waals surface area contributed by atoms with Crippen molar-refractivity contribution in [2.75, 3.05) is 6.54 Å². The van der Waals surface area contributed by atoms with Gasteiger partial charge in [0.2, 0.25) is 11.8 Å². The van der Waals surface area contributed by atoms with E-state index in [-0.39, 0.29) is 0 Å². The maximum Gasteiger partial charge on any atom is 0.413 e. The largest absolute Gasteiger partial charge is 0.413 e. The molecule has 1 unspecified atom stereocenters. The summed E-state index contributed by atoms with van der Waals surface area (Å²) in [6.07, 6.45) is -4.34. The number of nitrogens with two attached hydrogens (primary N) is 1. The number of hydrogen-bond acceptors (Lipinski definition) is 2. The molecule has 0 spiro atoms. The molecule has 1 atom stereocenters. The minimum absolute atomic E-state index is 0.360. The molecule has 1 heterocycles. The van der Waals surface area contributed by atoms with E-state index in [2.05, 4.69) is 5.32 Å². The average molecular weight is 208 g/mol. The van der Waals surface area contributed by atoms with Crippen LogP contribution in [0.4, 0.5) is 13.2 Å². The van der Waals surface area contributed by atoms with Crippen LogP contribution < -0.4 is 11.1 Å². The zero-order chi connectivity index (χ0) is 10.9. The van der Waals surface area contributed by atoms with Gasteiger partial charge < -0.3 is 11.1 Å². The normalized spacial score (nSPS) is 22.6. The first-order chi connectivity index (χ1) is 6.32. The topological polar surface area (TPSA) is 72.2 Å². The van der Waals surface area contributed by atoms with E-state index in [1.165, 1.54) is 0 Å². The number of carbonyl (C=O) groups is 2. The number of rotatable bonds is 1. The van der Waals surface area contributed by atoms with Gasteiger partial charge in [0.05, 0.1) is 11.5 Å². The SMILES string of the molecule is NC(=O)C1CNC(=O)C=C1C(F)(F)F. The zero-order valence-corrected chi connectivity index (χ0v) is 6.89. The number of hydrogen-bond donors (Lipinski definition) is 2.